The minimum absolute atomic E-state index is 0.728. The highest BCUT2D eigenvalue weighted by Crippen LogP contribution is 2.35. The third-order valence-electron chi connectivity index (χ3n) is 3.69. The van der Waals surface area contributed by atoms with Gasteiger partial charge in [-0.15, -0.1) is 0 Å². The Morgan fingerprint density at radius 3 is 3.00 bits per heavy atom. The van der Waals surface area contributed by atoms with Crippen molar-refractivity contribution in [1.82, 2.24) is 14.9 Å². The Labute approximate surface area is 109 Å². The molecule has 4 heteroatoms. The van der Waals surface area contributed by atoms with Crippen molar-refractivity contribution in [3.63, 3.8) is 0 Å². The van der Waals surface area contributed by atoms with Crippen LogP contribution in [0.15, 0.2) is 12.5 Å². The van der Waals surface area contributed by atoms with Crippen molar-refractivity contribution in [2.75, 3.05) is 19.8 Å². The first-order chi connectivity index (χ1) is 8.93. The van der Waals surface area contributed by atoms with E-state index in [4.69, 9.17) is 4.74 Å². The van der Waals surface area contributed by atoms with Crippen LogP contribution in [0.25, 0.3) is 0 Å². The number of ether oxygens (including phenoxy) is 1. The second kappa shape index (κ2) is 5.85. The largest absolute Gasteiger partial charge is 0.381 e. The molecule has 3 rings (SSSR count). The lowest BCUT2D eigenvalue weighted by Gasteiger charge is -2.08. The highest BCUT2D eigenvalue weighted by atomic mass is 16.5. The Hall–Kier alpha value is -0.870. The number of nitrogens with zero attached hydrogens (tertiary/aromatic N) is 2. The van der Waals surface area contributed by atoms with Gasteiger partial charge in [-0.1, -0.05) is 0 Å². The van der Waals surface area contributed by atoms with E-state index in [9.17, 15) is 0 Å². The van der Waals surface area contributed by atoms with Crippen molar-refractivity contribution in [3.05, 3.63) is 18.2 Å². The van der Waals surface area contributed by atoms with E-state index < -0.39 is 0 Å². The van der Waals surface area contributed by atoms with Crippen LogP contribution in [0.4, 0.5) is 0 Å². The summed E-state index contributed by atoms with van der Waals surface area (Å²) < 4.78 is 7.93. The molecule has 2 fully saturated rings. The van der Waals surface area contributed by atoms with Gasteiger partial charge in [0.05, 0.1) is 12.0 Å². The van der Waals surface area contributed by atoms with Gasteiger partial charge in [0, 0.05) is 32.0 Å². The Morgan fingerprint density at radius 2 is 2.22 bits per heavy atom. The number of aromatic nitrogens is 2. The Morgan fingerprint density at radius 1 is 1.33 bits per heavy atom. The van der Waals surface area contributed by atoms with Gasteiger partial charge in [0.15, 0.2) is 0 Å². The second-order valence-corrected chi connectivity index (χ2v) is 5.57. The third-order valence-corrected chi connectivity index (χ3v) is 3.69. The topological polar surface area (TPSA) is 39.1 Å². The van der Waals surface area contributed by atoms with Gasteiger partial charge in [-0.05, 0) is 44.6 Å². The highest BCUT2D eigenvalue weighted by molar-refractivity contribution is 5.03. The van der Waals surface area contributed by atoms with Crippen LogP contribution < -0.4 is 5.32 Å². The van der Waals surface area contributed by atoms with Crippen molar-refractivity contribution in [1.29, 1.82) is 0 Å². The van der Waals surface area contributed by atoms with E-state index in [0.29, 0.717) is 0 Å². The van der Waals surface area contributed by atoms with Crippen LogP contribution in [-0.2, 0) is 11.3 Å². The molecule has 0 atom stereocenters. The maximum absolute atomic E-state index is 5.61. The molecule has 0 amide bonds. The number of hydrogen-bond donors (Lipinski definition) is 1. The molecule has 0 unspecified atom stereocenters. The molecule has 0 saturated heterocycles. The van der Waals surface area contributed by atoms with E-state index in [-0.39, 0.29) is 0 Å². The average Bonchev–Trinajstić information content (AvgIpc) is 3.29. The molecular formula is C14H23N3O. The predicted octanol–water partition coefficient (Wildman–Crippen LogP) is 2.12. The van der Waals surface area contributed by atoms with E-state index >= 15 is 0 Å². The molecule has 1 aromatic heterocycles. The maximum atomic E-state index is 5.61. The molecule has 0 bridgehead atoms. The molecule has 0 spiro atoms. The molecule has 0 aromatic carbocycles. The van der Waals surface area contributed by atoms with Crippen molar-refractivity contribution >= 4 is 0 Å². The summed E-state index contributed by atoms with van der Waals surface area (Å²) in [7, 11) is 0. The number of rotatable bonds is 9. The molecule has 1 aromatic rings. The van der Waals surface area contributed by atoms with Gasteiger partial charge in [0.25, 0.3) is 0 Å². The zero-order valence-electron chi connectivity index (χ0n) is 11.0. The Bertz CT molecular complexity index is 369. The van der Waals surface area contributed by atoms with Crippen molar-refractivity contribution in [3.8, 4) is 0 Å². The van der Waals surface area contributed by atoms with Gasteiger partial charge >= 0.3 is 0 Å². The van der Waals surface area contributed by atoms with E-state index in [0.717, 1.165) is 44.7 Å². The minimum atomic E-state index is 0.728. The van der Waals surface area contributed by atoms with Crippen LogP contribution in [0, 0.1) is 5.92 Å². The van der Waals surface area contributed by atoms with Gasteiger partial charge in [-0.25, -0.2) is 4.98 Å². The first kappa shape index (κ1) is 12.2. The summed E-state index contributed by atoms with van der Waals surface area (Å²) in [4.78, 5) is 4.24. The molecule has 0 aliphatic heterocycles. The van der Waals surface area contributed by atoms with E-state index in [2.05, 4.69) is 14.9 Å². The van der Waals surface area contributed by atoms with Crippen LogP contribution in [0.5, 0.6) is 0 Å². The standard InChI is InChI=1S/C14H23N3O/c1(7-18-10-12-2-3-12)6-15-8-14-9-16-11-17(14)13-4-5-13/h9,11-13,15H,1-8,10H2. The molecule has 2 aliphatic rings. The first-order valence-electron chi connectivity index (χ1n) is 7.22. The van der Waals surface area contributed by atoms with E-state index in [1.54, 1.807) is 0 Å². The molecule has 2 aliphatic carbocycles. The van der Waals surface area contributed by atoms with Gasteiger partial charge < -0.3 is 14.6 Å². The van der Waals surface area contributed by atoms with Crippen LogP contribution in [0.2, 0.25) is 0 Å². The summed E-state index contributed by atoms with van der Waals surface area (Å²) in [6.45, 7) is 3.83. The summed E-state index contributed by atoms with van der Waals surface area (Å²) in [6, 6.07) is 0.728. The van der Waals surface area contributed by atoms with Gasteiger partial charge in [0.1, 0.15) is 0 Å². The number of nitrogens with one attached hydrogen (secondary N) is 1. The molecule has 2 saturated carbocycles. The summed E-state index contributed by atoms with van der Waals surface area (Å²) >= 11 is 0. The molecule has 1 heterocycles. The van der Waals surface area contributed by atoms with Crippen LogP contribution in [-0.4, -0.2) is 29.3 Å². The number of hydrogen-bond acceptors (Lipinski definition) is 3. The van der Waals surface area contributed by atoms with E-state index in [1.807, 2.05) is 12.5 Å². The quantitative estimate of drug-likeness (QED) is 0.681. The van der Waals surface area contributed by atoms with Crippen molar-refractivity contribution in [2.45, 2.75) is 44.7 Å². The zero-order chi connectivity index (χ0) is 12.2. The predicted molar refractivity (Wildman–Crippen MR) is 70.4 cm³/mol. The second-order valence-electron chi connectivity index (χ2n) is 5.57. The molecular weight excluding hydrogens is 226 g/mol. The Kier molecular flexibility index (Phi) is 3.96. The molecule has 100 valence electrons. The lowest BCUT2D eigenvalue weighted by atomic mass is 10.4. The van der Waals surface area contributed by atoms with Crippen LogP contribution in [0.1, 0.15) is 43.8 Å². The summed E-state index contributed by atoms with van der Waals surface area (Å²) in [5.74, 6) is 0.880. The average molecular weight is 249 g/mol. The molecule has 18 heavy (non-hydrogen) atoms. The van der Waals surface area contributed by atoms with Gasteiger partial charge in [-0.2, -0.15) is 0 Å². The van der Waals surface area contributed by atoms with Crippen LogP contribution in [0.3, 0.4) is 0 Å². The normalized spacial score (nSPS) is 19.3. The highest BCUT2D eigenvalue weighted by Gasteiger charge is 2.24. The Balaban J connectivity index is 1.25. The van der Waals surface area contributed by atoms with Gasteiger partial charge in [0.2, 0.25) is 0 Å². The summed E-state index contributed by atoms with van der Waals surface area (Å²) in [5, 5.41) is 3.47. The van der Waals surface area contributed by atoms with Gasteiger partial charge in [-0.3, -0.25) is 0 Å². The minimum Gasteiger partial charge on any atom is -0.381 e. The number of imidazole rings is 1. The molecule has 4 nitrogen and oxygen atoms in total. The van der Waals surface area contributed by atoms with E-state index in [1.165, 1.54) is 31.4 Å². The molecule has 1 N–H and O–H groups in total. The fourth-order valence-electron chi connectivity index (χ4n) is 2.20. The SMILES string of the molecule is c1ncn(C2CC2)c1CNCCCOCC1CC1. The monoisotopic (exact) mass is 249 g/mol. The van der Waals surface area contributed by atoms with Crippen molar-refractivity contribution < 1.29 is 4.74 Å². The van der Waals surface area contributed by atoms with Crippen LogP contribution >= 0.6 is 0 Å². The van der Waals surface area contributed by atoms with Crippen molar-refractivity contribution in [2.24, 2.45) is 5.92 Å². The fraction of sp³-hybridized carbons (Fsp3) is 0.786. The first-order valence-corrected chi connectivity index (χ1v) is 7.22. The zero-order valence-corrected chi connectivity index (χ0v) is 11.0. The maximum Gasteiger partial charge on any atom is 0.0951 e. The lowest BCUT2D eigenvalue weighted by Crippen LogP contribution is -2.18. The fourth-order valence-corrected chi connectivity index (χ4v) is 2.20. The lowest BCUT2D eigenvalue weighted by molar-refractivity contribution is 0.122. The smallest absolute Gasteiger partial charge is 0.0951 e. The molecule has 0 radical (unpaired) electrons. The third kappa shape index (κ3) is 3.56. The summed E-state index contributed by atoms with van der Waals surface area (Å²) in [6.07, 6.45) is 10.4. The summed E-state index contributed by atoms with van der Waals surface area (Å²) in [5.41, 5.74) is 1.32.